The number of hydrogen-bond donors (Lipinski definition) is 0. The molecule has 0 radical (unpaired) electrons. The Morgan fingerprint density at radius 1 is 0.353 bits per heavy atom. The molecule has 2 heterocycles. The minimum Gasteiger partial charge on any atom is -0.134 e. The summed E-state index contributed by atoms with van der Waals surface area (Å²) in [5.41, 5.74) is 0.593. The zero-order chi connectivity index (χ0) is 25.3. The Morgan fingerprint density at radius 2 is 0.618 bits per heavy atom. The molecule has 4 rings (SSSR count). The molecule has 0 N–H and O–H groups in total. The van der Waals surface area contributed by atoms with E-state index in [-0.39, 0.29) is 0 Å². The lowest BCUT2D eigenvalue weighted by atomic mass is 10.2. The SMILES string of the molecule is FS(F)(F)(F)(F)c1ccc(-c2ccc(-c3ccc(-c4ccc(S(F)(F)(F)(F)F)cc4)s3)s2)cc1. The van der Waals surface area contributed by atoms with Gasteiger partial charge in [0, 0.05) is 19.5 Å². The first-order chi connectivity index (χ1) is 15.1. The molecule has 34 heavy (non-hydrogen) atoms. The molecule has 0 saturated heterocycles. The standard InChI is InChI=1S/C20H12F10S4/c21-33(22,23,24,25)15-5-1-13(2-6-15)17-9-11-19(31-17)20-12-10-18(32-20)14-3-7-16(8-4-14)34(26,27,28,29)30/h1-12H. The van der Waals surface area contributed by atoms with E-state index in [1.54, 1.807) is 24.3 Å². The van der Waals surface area contributed by atoms with E-state index in [0.29, 0.717) is 54.9 Å². The van der Waals surface area contributed by atoms with Crippen molar-refractivity contribution in [1.82, 2.24) is 0 Å². The molecule has 0 aliphatic heterocycles. The molecule has 0 aliphatic carbocycles. The van der Waals surface area contributed by atoms with Gasteiger partial charge in [-0.25, -0.2) is 0 Å². The Labute approximate surface area is 194 Å². The van der Waals surface area contributed by atoms with Crippen LogP contribution in [0.15, 0.2) is 82.6 Å². The summed E-state index contributed by atoms with van der Waals surface area (Å²) in [4.78, 5) is -1.60. The fraction of sp³-hybridized carbons (Fsp3) is 0. The first-order valence-corrected chi connectivity index (χ1v) is 14.5. The summed E-state index contributed by atoms with van der Waals surface area (Å²) in [5.74, 6) is 0. The van der Waals surface area contributed by atoms with Crippen molar-refractivity contribution >= 4 is 43.1 Å². The molecule has 186 valence electrons. The third-order valence-corrected chi connectivity index (χ3v) is 9.41. The van der Waals surface area contributed by atoms with Crippen LogP contribution in [-0.4, -0.2) is 0 Å². The summed E-state index contributed by atoms with van der Waals surface area (Å²) in [6, 6.07) is 11.6. The second-order valence-corrected chi connectivity index (χ2v) is 14.3. The van der Waals surface area contributed by atoms with Crippen molar-refractivity contribution in [2.45, 2.75) is 9.79 Å². The van der Waals surface area contributed by atoms with Crippen LogP contribution in [0.3, 0.4) is 0 Å². The zero-order valence-corrected chi connectivity index (χ0v) is 19.6. The maximum absolute atomic E-state index is 12.9. The molecule has 14 heteroatoms. The Morgan fingerprint density at radius 3 is 0.882 bits per heavy atom. The van der Waals surface area contributed by atoms with Crippen molar-refractivity contribution in [3.63, 3.8) is 0 Å². The predicted octanol–water partition coefficient (Wildman–Crippen LogP) is 12.1. The second kappa shape index (κ2) is 6.33. The third kappa shape index (κ3) is 5.39. The monoisotopic (exact) mass is 570 g/mol. The van der Waals surface area contributed by atoms with Gasteiger partial charge in [-0.05, 0) is 59.7 Å². The van der Waals surface area contributed by atoms with Crippen LogP contribution >= 0.6 is 43.1 Å². The van der Waals surface area contributed by atoms with Crippen molar-refractivity contribution in [3.05, 3.63) is 72.8 Å². The van der Waals surface area contributed by atoms with E-state index < -0.39 is 30.2 Å². The normalized spacial score (nSPS) is 16.9. The van der Waals surface area contributed by atoms with Crippen molar-refractivity contribution in [2.24, 2.45) is 0 Å². The van der Waals surface area contributed by atoms with Crippen molar-refractivity contribution < 1.29 is 38.9 Å². The van der Waals surface area contributed by atoms with Gasteiger partial charge in [0.25, 0.3) is 0 Å². The molecule has 0 nitrogen and oxygen atoms in total. The summed E-state index contributed by atoms with van der Waals surface area (Å²) >= 11 is 2.34. The molecular formula is C20H12F10S4. The number of halogens is 10. The lowest BCUT2D eigenvalue weighted by Crippen LogP contribution is -2.05. The summed E-state index contributed by atoms with van der Waals surface area (Å²) in [6.45, 7) is 0. The van der Waals surface area contributed by atoms with Crippen LogP contribution < -0.4 is 0 Å². The van der Waals surface area contributed by atoms with E-state index in [4.69, 9.17) is 0 Å². The van der Waals surface area contributed by atoms with Gasteiger partial charge in [0.2, 0.25) is 0 Å². The van der Waals surface area contributed by atoms with Crippen molar-refractivity contribution in [2.75, 3.05) is 0 Å². The van der Waals surface area contributed by atoms with Crippen molar-refractivity contribution in [3.8, 4) is 30.6 Å². The number of thiophene rings is 2. The van der Waals surface area contributed by atoms with E-state index in [0.717, 1.165) is 24.3 Å². The third-order valence-electron chi connectivity index (χ3n) is 4.62. The molecular weight excluding hydrogens is 558 g/mol. The van der Waals surface area contributed by atoms with Gasteiger partial charge in [-0.15, -0.1) is 22.7 Å². The zero-order valence-electron chi connectivity index (χ0n) is 16.3. The fourth-order valence-electron chi connectivity index (χ4n) is 3.00. The summed E-state index contributed by atoms with van der Waals surface area (Å²) in [6.07, 6.45) is 0. The average Bonchev–Trinajstić information content (AvgIpc) is 3.34. The minimum atomic E-state index is -9.76. The van der Waals surface area contributed by atoms with E-state index in [9.17, 15) is 38.9 Å². The quantitative estimate of drug-likeness (QED) is 0.209. The van der Waals surface area contributed by atoms with Crippen LogP contribution in [0, 0.1) is 0 Å². The minimum absolute atomic E-state index is 0.296. The predicted molar refractivity (Wildman–Crippen MR) is 121 cm³/mol. The van der Waals surface area contributed by atoms with Crippen LogP contribution in [0.5, 0.6) is 0 Å². The second-order valence-electron chi connectivity index (χ2n) is 7.31. The highest BCUT2D eigenvalue weighted by molar-refractivity contribution is 8.46. The van der Waals surface area contributed by atoms with Crippen LogP contribution in [0.4, 0.5) is 38.9 Å². The van der Waals surface area contributed by atoms with E-state index >= 15 is 0 Å². The average molecular weight is 571 g/mol. The molecule has 0 fully saturated rings. The highest BCUT2D eigenvalue weighted by Gasteiger charge is 2.66. The van der Waals surface area contributed by atoms with Gasteiger partial charge >= 0.3 is 20.4 Å². The Bertz CT molecular complexity index is 1270. The molecule has 0 bridgehead atoms. The molecule has 0 saturated carbocycles. The van der Waals surface area contributed by atoms with Gasteiger partial charge in [0.05, 0.1) is 0 Å². The van der Waals surface area contributed by atoms with Gasteiger partial charge in [-0.2, -0.15) is 0 Å². The van der Waals surface area contributed by atoms with E-state index in [1.165, 1.54) is 22.7 Å². The maximum atomic E-state index is 12.9. The number of rotatable bonds is 5. The van der Waals surface area contributed by atoms with E-state index in [1.807, 2.05) is 0 Å². The molecule has 0 aliphatic rings. The largest absolute Gasteiger partial charge is 0.310 e. The van der Waals surface area contributed by atoms with Gasteiger partial charge in [0.1, 0.15) is 9.79 Å². The van der Waals surface area contributed by atoms with Gasteiger partial charge < -0.3 is 0 Å². The van der Waals surface area contributed by atoms with Gasteiger partial charge in [-0.1, -0.05) is 63.1 Å². The molecule has 0 atom stereocenters. The van der Waals surface area contributed by atoms with Crippen molar-refractivity contribution in [1.29, 1.82) is 0 Å². The number of hydrogen-bond acceptors (Lipinski definition) is 2. The van der Waals surface area contributed by atoms with Crippen LogP contribution in [0.2, 0.25) is 0 Å². The van der Waals surface area contributed by atoms with E-state index in [2.05, 4.69) is 0 Å². The molecule has 0 spiro atoms. The highest BCUT2D eigenvalue weighted by atomic mass is 32.5. The van der Waals surface area contributed by atoms with Crippen LogP contribution in [-0.2, 0) is 0 Å². The topological polar surface area (TPSA) is 0 Å². The molecule has 4 aromatic rings. The summed E-state index contributed by atoms with van der Waals surface area (Å²) < 4.78 is 129. The Hall–Kier alpha value is -2.16. The van der Waals surface area contributed by atoms with Gasteiger partial charge in [-0.3, -0.25) is 0 Å². The summed E-state index contributed by atoms with van der Waals surface area (Å²) in [7, 11) is -19.5. The molecule has 2 aromatic heterocycles. The lowest BCUT2D eigenvalue weighted by Gasteiger charge is -2.40. The molecule has 0 unspecified atom stereocenters. The fourth-order valence-corrected chi connectivity index (χ4v) is 6.42. The Kier molecular flexibility index (Phi) is 4.65. The highest BCUT2D eigenvalue weighted by Crippen LogP contribution is 3.02. The van der Waals surface area contributed by atoms with Crippen LogP contribution in [0.25, 0.3) is 30.6 Å². The Balaban J connectivity index is 1.58. The van der Waals surface area contributed by atoms with Crippen LogP contribution in [0.1, 0.15) is 0 Å². The maximum Gasteiger partial charge on any atom is 0.310 e. The summed E-state index contributed by atoms with van der Waals surface area (Å²) in [5, 5.41) is 0. The molecule has 2 aromatic carbocycles. The smallest absolute Gasteiger partial charge is 0.134 e. The number of benzene rings is 2. The first kappa shape index (κ1) is 24.9. The molecule has 0 amide bonds. The van der Waals surface area contributed by atoms with Gasteiger partial charge in [0.15, 0.2) is 0 Å². The lowest BCUT2D eigenvalue weighted by molar-refractivity contribution is 0.360. The first-order valence-electron chi connectivity index (χ1n) is 8.98.